The van der Waals surface area contributed by atoms with E-state index in [1.54, 1.807) is 0 Å². The average Bonchev–Trinajstić information content (AvgIpc) is 2.35. The van der Waals surface area contributed by atoms with Crippen LogP contribution < -0.4 is 5.32 Å². The maximum atomic E-state index is 4.81. The van der Waals surface area contributed by atoms with E-state index in [-0.39, 0.29) is 5.54 Å². The predicted octanol–water partition coefficient (Wildman–Crippen LogP) is 3.59. The minimum absolute atomic E-state index is 0.134. The second-order valence-corrected chi connectivity index (χ2v) is 8.20. The molecule has 21 heavy (non-hydrogen) atoms. The summed E-state index contributed by atoms with van der Waals surface area (Å²) in [7, 11) is 0. The summed E-state index contributed by atoms with van der Waals surface area (Å²) in [6.45, 7) is 15.5. The molecular weight excluding hydrogens is 258 g/mol. The lowest BCUT2D eigenvalue weighted by molar-refractivity contribution is 0.110. The van der Waals surface area contributed by atoms with Crippen molar-refractivity contribution in [3.8, 4) is 0 Å². The molecule has 0 spiro atoms. The van der Waals surface area contributed by atoms with Gasteiger partial charge in [0.15, 0.2) is 0 Å². The third-order valence-electron chi connectivity index (χ3n) is 4.03. The molecule has 118 valence electrons. The third kappa shape index (κ3) is 5.76. The number of pyridine rings is 1. The van der Waals surface area contributed by atoms with Gasteiger partial charge >= 0.3 is 0 Å². The first-order valence-corrected chi connectivity index (χ1v) is 8.16. The lowest BCUT2D eigenvalue weighted by Crippen LogP contribution is -2.39. The van der Waals surface area contributed by atoms with E-state index in [0.717, 1.165) is 18.8 Å². The molecule has 1 aromatic heterocycles. The summed E-state index contributed by atoms with van der Waals surface area (Å²) < 4.78 is 0. The highest BCUT2D eigenvalue weighted by Crippen LogP contribution is 2.28. The van der Waals surface area contributed by atoms with Crippen molar-refractivity contribution >= 4 is 0 Å². The molecule has 1 N–H and O–H groups in total. The van der Waals surface area contributed by atoms with E-state index in [4.69, 9.17) is 4.98 Å². The molecule has 1 aliphatic heterocycles. The molecule has 0 bridgehead atoms. The molecule has 1 aliphatic rings. The van der Waals surface area contributed by atoms with Crippen LogP contribution in [0, 0.1) is 5.41 Å². The van der Waals surface area contributed by atoms with Gasteiger partial charge in [0.1, 0.15) is 0 Å². The number of likely N-dealkylation sites (tertiary alicyclic amines) is 1. The lowest BCUT2D eigenvalue weighted by Gasteiger charge is -2.37. The van der Waals surface area contributed by atoms with Gasteiger partial charge in [0.25, 0.3) is 0 Å². The van der Waals surface area contributed by atoms with Gasteiger partial charge in [-0.15, -0.1) is 0 Å². The molecule has 1 saturated heterocycles. The number of nitrogens with one attached hydrogen (secondary N) is 1. The van der Waals surface area contributed by atoms with Gasteiger partial charge in [-0.3, -0.25) is 9.88 Å². The maximum Gasteiger partial charge on any atom is 0.0547 e. The summed E-state index contributed by atoms with van der Waals surface area (Å²) in [6, 6.07) is 6.40. The number of hydrogen-bond donors (Lipinski definition) is 1. The lowest BCUT2D eigenvalue weighted by atomic mass is 9.84. The Kier molecular flexibility index (Phi) is 5.05. The fraction of sp³-hybridized carbons (Fsp3) is 0.722. The summed E-state index contributed by atoms with van der Waals surface area (Å²) in [5.41, 5.74) is 2.91. The number of hydrogen-bond acceptors (Lipinski definition) is 3. The van der Waals surface area contributed by atoms with Crippen LogP contribution in [0.1, 0.15) is 58.8 Å². The Bertz CT molecular complexity index is 460. The van der Waals surface area contributed by atoms with E-state index in [1.807, 2.05) is 0 Å². The quantitative estimate of drug-likeness (QED) is 0.918. The van der Waals surface area contributed by atoms with Gasteiger partial charge < -0.3 is 5.32 Å². The molecular formula is C18H31N3. The van der Waals surface area contributed by atoms with E-state index in [1.165, 1.54) is 31.6 Å². The highest BCUT2D eigenvalue weighted by atomic mass is 15.1. The molecule has 2 rings (SSSR count). The molecule has 2 heterocycles. The number of nitrogens with zero attached hydrogens (tertiary/aromatic N) is 2. The first kappa shape index (κ1) is 16.4. The van der Waals surface area contributed by atoms with Crippen molar-refractivity contribution in [2.45, 2.75) is 66.1 Å². The fourth-order valence-corrected chi connectivity index (χ4v) is 2.98. The number of rotatable bonds is 4. The van der Waals surface area contributed by atoms with Crippen LogP contribution in [0.3, 0.4) is 0 Å². The summed E-state index contributed by atoms with van der Waals surface area (Å²) in [5, 5.41) is 3.51. The van der Waals surface area contributed by atoms with Gasteiger partial charge in [0.2, 0.25) is 0 Å². The Labute approximate surface area is 130 Å². The minimum Gasteiger partial charge on any atom is -0.306 e. The Balaban J connectivity index is 1.94. The SMILES string of the molecule is CC1(C)CCCN(Cc2cccc(CNC(C)(C)C)n2)C1. The van der Waals surface area contributed by atoms with Crippen LogP contribution >= 0.6 is 0 Å². The Morgan fingerprint density at radius 1 is 1.24 bits per heavy atom. The normalized spacial score (nSPS) is 19.7. The molecule has 0 saturated carbocycles. The van der Waals surface area contributed by atoms with Crippen molar-refractivity contribution in [3.63, 3.8) is 0 Å². The molecule has 1 fully saturated rings. The smallest absolute Gasteiger partial charge is 0.0547 e. The third-order valence-corrected chi connectivity index (χ3v) is 4.03. The van der Waals surface area contributed by atoms with Crippen molar-refractivity contribution in [1.82, 2.24) is 15.2 Å². The topological polar surface area (TPSA) is 28.2 Å². The van der Waals surface area contributed by atoms with E-state index in [2.05, 4.69) is 63.0 Å². The molecule has 0 atom stereocenters. The van der Waals surface area contributed by atoms with Crippen molar-refractivity contribution in [2.24, 2.45) is 5.41 Å². The second kappa shape index (κ2) is 6.45. The molecule has 3 nitrogen and oxygen atoms in total. The highest BCUT2D eigenvalue weighted by molar-refractivity contribution is 5.11. The minimum atomic E-state index is 0.134. The fourth-order valence-electron chi connectivity index (χ4n) is 2.98. The van der Waals surface area contributed by atoms with Crippen LogP contribution in [-0.2, 0) is 13.1 Å². The van der Waals surface area contributed by atoms with Gasteiger partial charge in [-0.1, -0.05) is 19.9 Å². The van der Waals surface area contributed by atoms with Crippen LogP contribution in [0.2, 0.25) is 0 Å². The zero-order valence-corrected chi connectivity index (χ0v) is 14.4. The Morgan fingerprint density at radius 2 is 1.95 bits per heavy atom. The van der Waals surface area contributed by atoms with Crippen molar-refractivity contribution < 1.29 is 0 Å². The molecule has 3 heteroatoms. The van der Waals surface area contributed by atoms with E-state index in [0.29, 0.717) is 5.41 Å². The maximum absolute atomic E-state index is 4.81. The van der Waals surface area contributed by atoms with E-state index < -0.39 is 0 Å². The molecule has 0 aliphatic carbocycles. The molecule has 0 amide bonds. The molecule has 1 aromatic rings. The second-order valence-electron chi connectivity index (χ2n) is 8.20. The summed E-state index contributed by atoms with van der Waals surface area (Å²) in [5.74, 6) is 0. The predicted molar refractivity (Wildman–Crippen MR) is 89.1 cm³/mol. The van der Waals surface area contributed by atoms with Gasteiger partial charge in [-0.25, -0.2) is 0 Å². The summed E-state index contributed by atoms with van der Waals surface area (Å²) in [4.78, 5) is 7.36. The summed E-state index contributed by atoms with van der Waals surface area (Å²) in [6.07, 6.45) is 2.64. The zero-order chi connectivity index (χ0) is 15.5. The standard InChI is InChI=1S/C18H31N3/c1-17(2,3)19-12-15-8-6-9-16(20-15)13-21-11-7-10-18(4,5)14-21/h6,8-9,19H,7,10-14H2,1-5H3. The summed E-state index contributed by atoms with van der Waals surface area (Å²) >= 11 is 0. The van der Waals surface area contributed by atoms with Crippen LogP contribution in [0.25, 0.3) is 0 Å². The van der Waals surface area contributed by atoms with Gasteiger partial charge in [0.05, 0.1) is 11.4 Å². The zero-order valence-electron chi connectivity index (χ0n) is 14.4. The largest absolute Gasteiger partial charge is 0.306 e. The first-order valence-electron chi connectivity index (χ1n) is 8.16. The monoisotopic (exact) mass is 289 g/mol. The Morgan fingerprint density at radius 3 is 2.62 bits per heavy atom. The van der Waals surface area contributed by atoms with Crippen LogP contribution in [0.5, 0.6) is 0 Å². The van der Waals surface area contributed by atoms with Crippen LogP contribution in [0.4, 0.5) is 0 Å². The highest BCUT2D eigenvalue weighted by Gasteiger charge is 2.26. The van der Waals surface area contributed by atoms with Crippen LogP contribution in [0.15, 0.2) is 18.2 Å². The number of piperidine rings is 1. The van der Waals surface area contributed by atoms with E-state index in [9.17, 15) is 0 Å². The number of aromatic nitrogens is 1. The first-order chi connectivity index (χ1) is 9.73. The van der Waals surface area contributed by atoms with Crippen molar-refractivity contribution in [3.05, 3.63) is 29.6 Å². The van der Waals surface area contributed by atoms with Gasteiger partial charge in [-0.2, -0.15) is 0 Å². The average molecular weight is 289 g/mol. The Hall–Kier alpha value is -0.930. The molecule has 0 aromatic carbocycles. The van der Waals surface area contributed by atoms with Crippen molar-refractivity contribution in [2.75, 3.05) is 13.1 Å². The van der Waals surface area contributed by atoms with Gasteiger partial charge in [-0.05, 0) is 57.7 Å². The molecule has 0 radical (unpaired) electrons. The van der Waals surface area contributed by atoms with Crippen LogP contribution in [-0.4, -0.2) is 28.5 Å². The van der Waals surface area contributed by atoms with Crippen molar-refractivity contribution in [1.29, 1.82) is 0 Å². The van der Waals surface area contributed by atoms with E-state index >= 15 is 0 Å². The molecule has 0 unspecified atom stereocenters. The van der Waals surface area contributed by atoms with Gasteiger partial charge in [0, 0.05) is 25.2 Å².